The van der Waals surface area contributed by atoms with E-state index in [-0.39, 0.29) is 6.03 Å². The average molecular weight is 431 g/mol. The van der Waals surface area contributed by atoms with Gasteiger partial charge in [0.05, 0.1) is 16.8 Å². The molecule has 4 rings (SSSR count). The van der Waals surface area contributed by atoms with Gasteiger partial charge in [-0.05, 0) is 55.8 Å². The predicted molar refractivity (Wildman–Crippen MR) is 120 cm³/mol. The number of fused-ring (bicyclic) bond motifs is 1. The van der Waals surface area contributed by atoms with Crippen molar-refractivity contribution in [3.8, 4) is 5.75 Å². The van der Waals surface area contributed by atoms with E-state index >= 15 is 0 Å². The second kappa shape index (κ2) is 8.47. The molecule has 2 aromatic carbocycles. The number of thiazole rings is 1. The number of aryl methyl sites for hydroxylation is 1. The average Bonchev–Trinajstić information content (AvgIpc) is 3.18. The highest BCUT2D eigenvalue weighted by Crippen LogP contribution is 2.33. The van der Waals surface area contributed by atoms with Crippen LogP contribution in [0.4, 0.5) is 15.6 Å². The molecule has 2 heterocycles. The Morgan fingerprint density at radius 1 is 1.17 bits per heavy atom. The van der Waals surface area contributed by atoms with Crippen LogP contribution in [0.2, 0.25) is 5.02 Å². The fraction of sp³-hybridized carbons (Fsp3) is 0.333. The number of hydrogen-bond donors (Lipinski definition) is 1. The smallest absolute Gasteiger partial charge is 0.321 e. The van der Waals surface area contributed by atoms with Gasteiger partial charge in [-0.2, -0.15) is 0 Å². The van der Waals surface area contributed by atoms with Crippen molar-refractivity contribution in [1.82, 2.24) is 9.88 Å². The highest BCUT2D eigenvalue weighted by atomic mass is 35.5. The fourth-order valence-corrected chi connectivity index (χ4v) is 4.56. The molecular formula is C21H23ClN4O2S. The van der Waals surface area contributed by atoms with Gasteiger partial charge in [0.15, 0.2) is 5.13 Å². The van der Waals surface area contributed by atoms with Crippen molar-refractivity contribution in [3.63, 3.8) is 0 Å². The molecule has 0 saturated carbocycles. The lowest BCUT2D eigenvalue weighted by Gasteiger charge is -2.34. The molecule has 8 heteroatoms. The van der Waals surface area contributed by atoms with Crippen LogP contribution in [-0.2, 0) is 0 Å². The summed E-state index contributed by atoms with van der Waals surface area (Å²) in [6.45, 7) is 7.37. The van der Waals surface area contributed by atoms with Gasteiger partial charge >= 0.3 is 6.03 Å². The summed E-state index contributed by atoms with van der Waals surface area (Å²) >= 11 is 7.89. The second-order valence-corrected chi connectivity index (χ2v) is 8.29. The minimum absolute atomic E-state index is 0.0827. The Kier molecular flexibility index (Phi) is 5.78. The molecule has 1 N–H and O–H groups in total. The minimum Gasteiger partial charge on any atom is -0.494 e. The molecule has 1 saturated heterocycles. The third kappa shape index (κ3) is 4.26. The predicted octanol–water partition coefficient (Wildman–Crippen LogP) is 5.01. The van der Waals surface area contributed by atoms with E-state index in [0.29, 0.717) is 19.7 Å². The van der Waals surface area contributed by atoms with E-state index in [2.05, 4.69) is 10.2 Å². The molecule has 1 aliphatic heterocycles. The first-order valence-corrected chi connectivity index (χ1v) is 10.8. The molecule has 1 fully saturated rings. The lowest BCUT2D eigenvalue weighted by atomic mass is 10.2. The van der Waals surface area contributed by atoms with Gasteiger partial charge in [0.1, 0.15) is 5.75 Å². The number of carbonyl (C=O) groups is 1. The number of halogens is 1. The topological polar surface area (TPSA) is 57.7 Å². The fourth-order valence-electron chi connectivity index (χ4n) is 3.33. The maximum atomic E-state index is 12.6. The standard InChI is InChI=1S/C21H23ClN4O2S/c1-3-28-16-6-4-15(5-7-16)23-20(27)25-10-12-26(13-11-25)21-24-19-14(2)17(22)8-9-18(19)29-21/h4-9H,3,10-13H2,1-2H3,(H,23,27). The maximum Gasteiger partial charge on any atom is 0.321 e. The third-order valence-electron chi connectivity index (χ3n) is 4.99. The second-order valence-electron chi connectivity index (χ2n) is 6.88. The number of aromatic nitrogens is 1. The van der Waals surface area contributed by atoms with Gasteiger partial charge in [0.2, 0.25) is 0 Å². The number of ether oxygens (including phenoxy) is 1. The lowest BCUT2D eigenvalue weighted by molar-refractivity contribution is 0.208. The number of hydrogen-bond acceptors (Lipinski definition) is 5. The first-order valence-electron chi connectivity index (χ1n) is 9.64. The minimum atomic E-state index is -0.0827. The molecule has 6 nitrogen and oxygen atoms in total. The van der Waals surface area contributed by atoms with Gasteiger partial charge < -0.3 is 19.9 Å². The van der Waals surface area contributed by atoms with Crippen molar-refractivity contribution in [3.05, 3.63) is 47.0 Å². The van der Waals surface area contributed by atoms with Crippen LogP contribution in [0.5, 0.6) is 5.75 Å². The van der Waals surface area contributed by atoms with Crippen molar-refractivity contribution in [1.29, 1.82) is 0 Å². The number of piperazine rings is 1. The number of benzene rings is 2. The molecule has 0 spiro atoms. The molecule has 1 aliphatic rings. The zero-order chi connectivity index (χ0) is 20.4. The molecule has 152 valence electrons. The van der Waals surface area contributed by atoms with Crippen molar-refractivity contribution in [2.45, 2.75) is 13.8 Å². The van der Waals surface area contributed by atoms with Crippen LogP contribution < -0.4 is 15.0 Å². The number of rotatable bonds is 4. The Morgan fingerprint density at radius 2 is 1.90 bits per heavy atom. The number of nitrogens with one attached hydrogen (secondary N) is 1. The van der Waals surface area contributed by atoms with Gasteiger partial charge in [-0.3, -0.25) is 0 Å². The Bertz CT molecular complexity index is 1010. The molecule has 1 aromatic heterocycles. The first kappa shape index (κ1) is 19.8. The van der Waals surface area contributed by atoms with Crippen LogP contribution in [-0.4, -0.2) is 48.7 Å². The summed E-state index contributed by atoms with van der Waals surface area (Å²) in [5.41, 5.74) is 2.74. The largest absolute Gasteiger partial charge is 0.494 e. The van der Waals surface area contributed by atoms with Gasteiger partial charge in [0.25, 0.3) is 0 Å². The van der Waals surface area contributed by atoms with Crippen molar-refractivity contribution in [2.75, 3.05) is 43.0 Å². The molecule has 3 aromatic rings. The number of anilines is 2. The molecule has 0 unspecified atom stereocenters. The van der Waals surface area contributed by atoms with Gasteiger partial charge in [-0.25, -0.2) is 9.78 Å². The molecule has 0 bridgehead atoms. The van der Waals surface area contributed by atoms with Gasteiger partial charge in [-0.15, -0.1) is 0 Å². The van der Waals surface area contributed by atoms with E-state index in [0.717, 1.165) is 50.5 Å². The molecule has 0 atom stereocenters. The highest BCUT2D eigenvalue weighted by molar-refractivity contribution is 7.22. The normalized spacial score (nSPS) is 14.3. The number of nitrogens with zero attached hydrogens (tertiary/aromatic N) is 3. The zero-order valence-corrected chi connectivity index (χ0v) is 18.0. The van der Waals surface area contributed by atoms with Crippen molar-refractivity contribution in [2.24, 2.45) is 0 Å². The monoisotopic (exact) mass is 430 g/mol. The summed E-state index contributed by atoms with van der Waals surface area (Å²) in [7, 11) is 0. The van der Waals surface area contributed by atoms with E-state index < -0.39 is 0 Å². The van der Waals surface area contributed by atoms with Gasteiger partial charge in [0, 0.05) is 36.9 Å². The number of amides is 2. The van der Waals surface area contributed by atoms with E-state index in [9.17, 15) is 4.79 Å². The van der Waals surface area contributed by atoms with Crippen LogP contribution in [0.1, 0.15) is 12.5 Å². The van der Waals surface area contributed by atoms with Crippen LogP contribution in [0, 0.1) is 6.92 Å². The molecule has 2 amide bonds. The summed E-state index contributed by atoms with van der Waals surface area (Å²) in [6.07, 6.45) is 0. The summed E-state index contributed by atoms with van der Waals surface area (Å²) in [5.74, 6) is 0.798. The van der Waals surface area contributed by atoms with Crippen LogP contribution in [0.25, 0.3) is 10.2 Å². The SMILES string of the molecule is CCOc1ccc(NC(=O)N2CCN(c3nc4c(C)c(Cl)ccc4s3)CC2)cc1. The highest BCUT2D eigenvalue weighted by Gasteiger charge is 2.23. The van der Waals surface area contributed by atoms with Crippen molar-refractivity contribution < 1.29 is 9.53 Å². The first-order chi connectivity index (χ1) is 14.0. The molecular weight excluding hydrogens is 408 g/mol. The van der Waals surface area contributed by atoms with Gasteiger partial charge in [-0.1, -0.05) is 22.9 Å². The van der Waals surface area contributed by atoms with Crippen molar-refractivity contribution >= 4 is 50.0 Å². The van der Waals surface area contributed by atoms with E-state index in [1.54, 1.807) is 11.3 Å². The van der Waals surface area contributed by atoms with E-state index in [4.69, 9.17) is 21.3 Å². The quantitative estimate of drug-likeness (QED) is 0.632. The summed E-state index contributed by atoms with van der Waals surface area (Å²) in [6, 6.07) is 11.3. The summed E-state index contributed by atoms with van der Waals surface area (Å²) in [4.78, 5) is 21.4. The summed E-state index contributed by atoms with van der Waals surface area (Å²) < 4.78 is 6.57. The van der Waals surface area contributed by atoms with E-state index in [1.165, 1.54) is 0 Å². The molecule has 0 aliphatic carbocycles. The zero-order valence-electron chi connectivity index (χ0n) is 16.4. The summed E-state index contributed by atoms with van der Waals surface area (Å²) in [5, 5.41) is 4.68. The van der Waals surface area contributed by atoms with E-state index in [1.807, 2.05) is 55.1 Å². The number of urea groups is 1. The Hall–Kier alpha value is -2.51. The Labute approximate surface area is 179 Å². The lowest BCUT2D eigenvalue weighted by Crippen LogP contribution is -2.50. The third-order valence-corrected chi connectivity index (χ3v) is 6.48. The Morgan fingerprint density at radius 3 is 2.59 bits per heavy atom. The maximum absolute atomic E-state index is 12.6. The van der Waals surface area contributed by atoms with Crippen LogP contribution in [0.3, 0.4) is 0 Å². The Balaban J connectivity index is 1.36. The van der Waals surface area contributed by atoms with Crippen LogP contribution >= 0.6 is 22.9 Å². The molecule has 0 radical (unpaired) electrons. The van der Waals surface area contributed by atoms with Crippen LogP contribution in [0.15, 0.2) is 36.4 Å². The number of carbonyl (C=O) groups excluding carboxylic acids is 1. The molecule has 29 heavy (non-hydrogen) atoms.